The van der Waals surface area contributed by atoms with Gasteiger partial charge in [0.1, 0.15) is 0 Å². The van der Waals surface area contributed by atoms with Gasteiger partial charge in [0.25, 0.3) is 0 Å². The Hall–Kier alpha value is 0. The van der Waals surface area contributed by atoms with Gasteiger partial charge < -0.3 is 0 Å². The van der Waals surface area contributed by atoms with Crippen LogP contribution in [0.1, 0.15) is 87.5 Å². The topological polar surface area (TPSA) is 0 Å². The first kappa shape index (κ1) is 17.4. The van der Waals surface area contributed by atoms with Gasteiger partial charge >= 0.3 is 0 Å². The van der Waals surface area contributed by atoms with Gasteiger partial charge in [-0.05, 0) is 36.5 Å². The molecule has 0 heterocycles. The van der Waals surface area contributed by atoms with Gasteiger partial charge in [-0.1, -0.05) is 61.8 Å². The second kappa shape index (κ2) is 6.55. The highest BCUT2D eigenvalue weighted by Gasteiger charge is 2.25. The van der Waals surface area contributed by atoms with Crippen LogP contribution in [0.15, 0.2) is 0 Å². The molecule has 0 heteroatoms. The van der Waals surface area contributed by atoms with Crippen LogP contribution in [0.4, 0.5) is 0 Å². The summed E-state index contributed by atoms with van der Waals surface area (Å²) in [6.45, 7) is 9.38. The molecule has 0 atom stereocenters. The molecule has 0 radical (unpaired) electrons. The first-order valence-electron chi connectivity index (χ1n) is 5.91. The van der Waals surface area contributed by atoms with Gasteiger partial charge in [-0.25, -0.2) is 0 Å². The van der Waals surface area contributed by atoms with Gasteiger partial charge in [0.15, 0.2) is 0 Å². The minimum atomic E-state index is 0. The molecule has 15 heavy (non-hydrogen) atoms. The van der Waals surface area contributed by atoms with Crippen LogP contribution in [0.3, 0.4) is 0 Å². The summed E-state index contributed by atoms with van der Waals surface area (Å²) in [7, 11) is 0. The summed E-state index contributed by atoms with van der Waals surface area (Å²) in [5.74, 6) is 0. The second-order valence-corrected chi connectivity index (χ2v) is 6.39. The van der Waals surface area contributed by atoms with E-state index in [1.807, 2.05) is 0 Å². The molecular weight excluding hydrogens is 180 g/mol. The summed E-state index contributed by atoms with van der Waals surface area (Å²) < 4.78 is 0. The Morgan fingerprint density at radius 1 is 0.533 bits per heavy atom. The Morgan fingerprint density at radius 2 is 0.800 bits per heavy atom. The highest BCUT2D eigenvalue weighted by Crippen LogP contribution is 2.39. The minimum absolute atomic E-state index is 0. The van der Waals surface area contributed by atoms with Gasteiger partial charge in [0, 0.05) is 0 Å². The maximum absolute atomic E-state index is 2.36. The van der Waals surface area contributed by atoms with Crippen LogP contribution in [-0.4, -0.2) is 0 Å². The summed E-state index contributed by atoms with van der Waals surface area (Å²) in [4.78, 5) is 0. The van der Waals surface area contributed by atoms with Crippen molar-refractivity contribution in [2.75, 3.05) is 0 Å². The van der Waals surface area contributed by atoms with Crippen LogP contribution in [0.2, 0.25) is 0 Å². The molecular formula is C15H34. The smallest absolute Gasteiger partial charge is 0.0354 e. The fraction of sp³-hybridized carbons (Fsp3) is 1.00. The van der Waals surface area contributed by atoms with Crippen LogP contribution < -0.4 is 0 Å². The fourth-order valence-corrected chi connectivity index (χ4v) is 2.22. The van der Waals surface area contributed by atoms with Crippen molar-refractivity contribution in [3.63, 3.8) is 0 Å². The molecule has 0 bridgehead atoms. The molecule has 0 aromatic heterocycles. The van der Waals surface area contributed by atoms with E-state index in [4.69, 9.17) is 0 Å². The lowest BCUT2D eigenvalue weighted by atomic mass is 9.72. The van der Waals surface area contributed by atoms with Crippen molar-refractivity contribution in [1.82, 2.24) is 0 Å². The zero-order valence-electron chi connectivity index (χ0n) is 9.95. The van der Waals surface area contributed by atoms with E-state index in [0.29, 0.717) is 5.41 Å². The number of rotatable bonds is 0. The Kier molecular flexibility index (Phi) is 7.60. The Morgan fingerprint density at radius 3 is 0.867 bits per heavy atom. The van der Waals surface area contributed by atoms with Gasteiger partial charge in [0.2, 0.25) is 0 Å². The highest BCUT2D eigenvalue weighted by atomic mass is 14.3. The van der Waals surface area contributed by atoms with E-state index in [1.54, 1.807) is 0 Å². The second-order valence-electron chi connectivity index (χ2n) is 6.39. The number of hydrogen-bond donors (Lipinski definition) is 0. The van der Waals surface area contributed by atoms with Crippen LogP contribution in [-0.2, 0) is 0 Å². The summed E-state index contributed by atoms with van der Waals surface area (Å²) in [6.07, 6.45) is 10.2. The fourth-order valence-electron chi connectivity index (χ4n) is 2.22. The van der Waals surface area contributed by atoms with Crippen LogP contribution in [0.5, 0.6) is 0 Å². The largest absolute Gasteiger partial charge is 0.0776 e. The molecule has 2 rings (SSSR count). The Bertz CT molecular complexity index is 139. The first-order valence-corrected chi connectivity index (χ1v) is 5.91. The Balaban J connectivity index is 0. The van der Waals surface area contributed by atoms with Crippen molar-refractivity contribution in [2.45, 2.75) is 87.5 Å². The predicted molar refractivity (Wildman–Crippen MR) is 73.3 cm³/mol. The van der Waals surface area contributed by atoms with Gasteiger partial charge in [0.05, 0.1) is 0 Å². The molecule has 2 saturated carbocycles. The summed E-state index contributed by atoms with van der Waals surface area (Å²) in [6, 6.07) is 0. The van der Waals surface area contributed by atoms with Crippen LogP contribution in [0, 0.1) is 10.8 Å². The van der Waals surface area contributed by atoms with E-state index in [2.05, 4.69) is 27.7 Å². The van der Waals surface area contributed by atoms with Crippen molar-refractivity contribution in [3.05, 3.63) is 0 Å². The molecule has 0 nitrogen and oxygen atoms in total. The first-order chi connectivity index (χ1) is 5.91. The summed E-state index contributed by atoms with van der Waals surface area (Å²) in [5, 5.41) is 0. The minimum Gasteiger partial charge on any atom is -0.0776 e. The summed E-state index contributed by atoms with van der Waals surface area (Å²) in [5.41, 5.74) is 1.42. The molecule has 2 aliphatic carbocycles. The molecule has 0 unspecified atom stereocenters. The van der Waals surface area contributed by atoms with Crippen LogP contribution in [0.25, 0.3) is 0 Å². The molecule has 94 valence electrons. The molecule has 0 aliphatic heterocycles. The Labute approximate surface area is 98.9 Å². The SMILES string of the molecule is C.C.CC1(C)CCC1.CC1(C)CCCC1. The van der Waals surface area contributed by atoms with E-state index in [1.165, 1.54) is 44.9 Å². The third-order valence-electron chi connectivity index (χ3n) is 3.66. The zero-order valence-corrected chi connectivity index (χ0v) is 9.95. The molecule has 0 aromatic carbocycles. The van der Waals surface area contributed by atoms with Gasteiger partial charge in [-0.3, -0.25) is 0 Å². The van der Waals surface area contributed by atoms with Gasteiger partial charge in [-0.2, -0.15) is 0 Å². The van der Waals surface area contributed by atoms with E-state index in [9.17, 15) is 0 Å². The predicted octanol–water partition coefficient (Wildman–Crippen LogP) is 6.06. The van der Waals surface area contributed by atoms with Crippen molar-refractivity contribution in [3.8, 4) is 0 Å². The maximum Gasteiger partial charge on any atom is -0.0354 e. The molecule has 0 aromatic rings. The average Bonchev–Trinajstić information content (AvgIpc) is 2.33. The normalized spacial score (nSPS) is 24.8. The zero-order chi connectivity index (χ0) is 9.95. The van der Waals surface area contributed by atoms with Crippen molar-refractivity contribution in [1.29, 1.82) is 0 Å². The lowest BCUT2D eigenvalue weighted by Gasteiger charge is -2.33. The molecule has 2 aliphatic rings. The van der Waals surface area contributed by atoms with E-state index >= 15 is 0 Å². The van der Waals surface area contributed by atoms with E-state index < -0.39 is 0 Å². The lowest BCUT2D eigenvalue weighted by Crippen LogP contribution is -2.20. The van der Waals surface area contributed by atoms with Crippen LogP contribution >= 0.6 is 0 Å². The third kappa shape index (κ3) is 6.98. The standard InChI is InChI=1S/C7H14.C6H12.2CH4/c1-7(2)5-3-4-6-7;1-6(2)4-3-5-6;;/h3-6H2,1-2H3;3-5H2,1-2H3;2*1H4. The van der Waals surface area contributed by atoms with Crippen molar-refractivity contribution >= 4 is 0 Å². The maximum atomic E-state index is 2.36. The number of hydrogen-bond acceptors (Lipinski definition) is 0. The lowest BCUT2D eigenvalue weighted by molar-refractivity contribution is 0.190. The van der Waals surface area contributed by atoms with Crippen molar-refractivity contribution < 1.29 is 0 Å². The molecule has 0 amide bonds. The van der Waals surface area contributed by atoms with Crippen molar-refractivity contribution in [2.24, 2.45) is 10.8 Å². The summed E-state index contributed by atoms with van der Waals surface area (Å²) >= 11 is 0. The van der Waals surface area contributed by atoms with E-state index in [0.717, 1.165) is 5.41 Å². The quantitative estimate of drug-likeness (QED) is 0.460. The molecule has 0 saturated heterocycles. The van der Waals surface area contributed by atoms with E-state index in [-0.39, 0.29) is 14.9 Å². The highest BCUT2D eigenvalue weighted by molar-refractivity contribution is 4.77. The molecule has 2 fully saturated rings. The average molecular weight is 214 g/mol. The molecule has 0 spiro atoms. The third-order valence-corrected chi connectivity index (χ3v) is 3.66. The van der Waals surface area contributed by atoms with Gasteiger partial charge in [-0.15, -0.1) is 0 Å². The molecule has 0 N–H and O–H groups in total. The monoisotopic (exact) mass is 214 g/mol.